The van der Waals surface area contributed by atoms with Crippen molar-refractivity contribution in [2.24, 2.45) is 5.92 Å². The van der Waals surface area contributed by atoms with Crippen molar-refractivity contribution in [1.29, 1.82) is 0 Å². The summed E-state index contributed by atoms with van der Waals surface area (Å²) in [6, 6.07) is 9.42. The van der Waals surface area contributed by atoms with Crippen molar-refractivity contribution >= 4 is 22.9 Å². The molecular weight excluding hydrogens is 305 g/mol. The molecule has 1 aromatic heterocycles. The quantitative estimate of drug-likeness (QED) is 0.723. The van der Waals surface area contributed by atoms with Gasteiger partial charge in [0.1, 0.15) is 5.82 Å². The van der Waals surface area contributed by atoms with Gasteiger partial charge in [0.05, 0.1) is 0 Å². The topological polar surface area (TPSA) is 12.0 Å². The molecule has 0 radical (unpaired) electrons. The number of rotatable bonds is 6. The van der Waals surface area contributed by atoms with Crippen LogP contribution in [0.2, 0.25) is 5.02 Å². The molecule has 0 aliphatic heterocycles. The van der Waals surface area contributed by atoms with Crippen LogP contribution in [-0.4, -0.2) is 6.54 Å². The van der Waals surface area contributed by atoms with Gasteiger partial charge in [-0.25, -0.2) is 4.39 Å². The minimum atomic E-state index is -0.282. The zero-order chi connectivity index (χ0) is 14.8. The van der Waals surface area contributed by atoms with Crippen molar-refractivity contribution in [2.75, 3.05) is 6.54 Å². The highest BCUT2D eigenvalue weighted by atomic mass is 35.5. The Morgan fingerprint density at radius 2 is 2.14 bits per heavy atom. The lowest BCUT2D eigenvalue weighted by atomic mass is 10.1. The molecule has 1 nitrogen and oxygen atoms in total. The Hall–Kier alpha value is -0.900. The Morgan fingerprint density at radius 1 is 1.33 bits per heavy atom. The van der Waals surface area contributed by atoms with Crippen LogP contribution < -0.4 is 5.32 Å². The van der Waals surface area contributed by atoms with Gasteiger partial charge in [-0.3, -0.25) is 0 Å². The van der Waals surface area contributed by atoms with Crippen LogP contribution in [0.1, 0.15) is 37.1 Å². The summed E-state index contributed by atoms with van der Waals surface area (Å²) < 4.78 is 13.5. The number of hydrogen-bond donors (Lipinski definition) is 1. The Balaban J connectivity index is 1.84. The molecule has 0 spiro atoms. The van der Waals surface area contributed by atoms with Crippen molar-refractivity contribution in [3.8, 4) is 10.4 Å². The summed E-state index contributed by atoms with van der Waals surface area (Å²) in [7, 11) is 0. The van der Waals surface area contributed by atoms with Crippen LogP contribution in [0.25, 0.3) is 10.4 Å². The van der Waals surface area contributed by atoms with Gasteiger partial charge in [0.15, 0.2) is 0 Å². The standard InChI is InChI=1S/C17H19ClFNS/c1-2-7-20-17(11-3-4-11)16-6-5-15(21-16)12-8-13(18)10-14(19)9-12/h5-6,8-11,17,20H,2-4,7H2,1H3. The average molecular weight is 324 g/mol. The number of halogens is 2. The normalized spacial score (nSPS) is 16.1. The molecule has 4 heteroatoms. The van der Waals surface area contributed by atoms with Gasteiger partial charge in [0.2, 0.25) is 0 Å². The van der Waals surface area contributed by atoms with Crippen molar-refractivity contribution < 1.29 is 4.39 Å². The third kappa shape index (κ3) is 3.65. The summed E-state index contributed by atoms with van der Waals surface area (Å²) in [5.74, 6) is 0.481. The summed E-state index contributed by atoms with van der Waals surface area (Å²) in [6.07, 6.45) is 3.75. The molecule has 1 heterocycles. The lowest BCUT2D eigenvalue weighted by Gasteiger charge is -2.16. The second-order valence-electron chi connectivity index (χ2n) is 5.63. The summed E-state index contributed by atoms with van der Waals surface area (Å²) in [6.45, 7) is 3.23. The van der Waals surface area contributed by atoms with E-state index >= 15 is 0 Å². The van der Waals surface area contributed by atoms with Crippen LogP contribution in [0.5, 0.6) is 0 Å². The molecule has 0 bridgehead atoms. The zero-order valence-electron chi connectivity index (χ0n) is 12.0. The average Bonchev–Trinajstić information content (AvgIpc) is 3.15. The zero-order valence-corrected chi connectivity index (χ0v) is 13.6. The Bertz CT molecular complexity index is 601. The van der Waals surface area contributed by atoms with Gasteiger partial charge in [-0.2, -0.15) is 0 Å². The predicted octanol–water partition coefficient (Wildman–Crippen LogP) is 5.66. The summed E-state index contributed by atoms with van der Waals surface area (Å²) >= 11 is 7.69. The van der Waals surface area contributed by atoms with Crippen LogP contribution in [0.4, 0.5) is 4.39 Å². The molecule has 1 N–H and O–H groups in total. The molecule has 0 amide bonds. The van der Waals surface area contributed by atoms with E-state index in [0.29, 0.717) is 11.1 Å². The molecule has 1 aliphatic carbocycles. The summed E-state index contributed by atoms with van der Waals surface area (Å²) in [4.78, 5) is 2.43. The van der Waals surface area contributed by atoms with E-state index in [0.717, 1.165) is 29.3 Å². The largest absolute Gasteiger partial charge is 0.309 e. The monoisotopic (exact) mass is 323 g/mol. The summed E-state index contributed by atoms with van der Waals surface area (Å²) in [5.41, 5.74) is 0.862. The molecule has 3 rings (SSSR count). The van der Waals surface area contributed by atoms with Crippen LogP contribution >= 0.6 is 22.9 Å². The molecule has 0 saturated heterocycles. The second-order valence-corrected chi connectivity index (χ2v) is 7.18. The fourth-order valence-electron chi connectivity index (χ4n) is 2.60. The number of benzene rings is 1. The van der Waals surface area contributed by atoms with Gasteiger partial charge < -0.3 is 5.32 Å². The molecule has 1 atom stereocenters. The van der Waals surface area contributed by atoms with Crippen LogP contribution in [-0.2, 0) is 0 Å². The molecule has 1 fully saturated rings. The fourth-order valence-corrected chi connectivity index (χ4v) is 3.99. The Morgan fingerprint density at radius 3 is 2.81 bits per heavy atom. The van der Waals surface area contributed by atoms with Crippen molar-refractivity contribution in [3.05, 3.63) is 46.0 Å². The Kier molecular flexibility index (Phi) is 4.63. The van der Waals surface area contributed by atoms with Gasteiger partial charge in [0.25, 0.3) is 0 Å². The maximum atomic E-state index is 13.5. The lowest BCUT2D eigenvalue weighted by molar-refractivity contribution is 0.488. The molecule has 1 saturated carbocycles. The minimum absolute atomic E-state index is 0.282. The van der Waals surface area contributed by atoms with Gasteiger partial charge in [-0.05, 0) is 67.6 Å². The highest BCUT2D eigenvalue weighted by molar-refractivity contribution is 7.15. The van der Waals surface area contributed by atoms with E-state index < -0.39 is 0 Å². The van der Waals surface area contributed by atoms with Crippen molar-refractivity contribution in [2.45, 2.75) is 32.2 Å². The first-order valence-corrected chi connectivity index (χ1v) is 8.66. The summed E-state index contributed by atoms with van der Waals surface area (Å²) in [5, 5.41) is 4.09. The first-order chi connectivity index (χ1) is 10.2. The van der Waals surface area contributed by atoms with Crippen molar-refractivity contribution in [3.63, 3.8) is 0 Å². The van der Waals surface area contributed by atoms with Crippen LogP contribution in [0.3, 0.4) is 0 Å². The van der Waals surface area contributed by atoms with Crippen LogP contribution in [0.15, 0.2) is 30.3 Å². The van der Waals surface area contributed by atoms with E-state index in [1.54, 1.807) is 17.4 Å². The first kappa shape index (κ1) is 15.0. The first-order valence-electron chi connectivity index (χ1n) is 7.47. The highest BCUT2D eigenvalue weighted by Crippen LogP contribution is 2.44. The molecule has 1 unspecified atom stereocenters. The predicted molar refractivity (Wildman–Crippen MR) is 88.5 cm³/mol. The van der Waals surface area contributed by atoms with E-state index in [4.69, 9.17) is 11.6 Å². The fraction of sp³-hybridized carbons (Fsp3) is 0.412. The maximum absolute atomic E-state index is 13.5. The van der Waals surface area contributed by atoms with E-state index in [1.807, 2.05) is 6.07 Å². The number of thiophene rings is 1. The van der Waals surface area contributed by atoms with Gasteiger partial charge in [-0.15, -0.1) is 11.3 Å². The SMILES string of the molecule is CCCNC(c1ccc(-c2cc(F)cc(Cl)c2)s1)C1CC1. The molecule has 1 aliphatic rings. The molecule has 1 aromatic carbocycles. The minimum Gasteiger partial charge on any atom is -0.309 e. The van der Waals surface area contributed by atoms with Gasteiger partial charge in [0, 0.05) is 20.8 Å². The molecular formula is C17H19ClFNS. The Labute approximate surface area is 134 Å². The third-order valence-corrected chi connectivity index (χ3v) is 5.22. The maximum Gasteiger partial charge on any atom is 0.125 e. The molecule has 112 valence electrons. The molecule has 21 heavy (non-hydrogen) atoms. The van der Waals surface area contributed by atoms with E-state index in [2.05, 4.69) is 24.4 Å². The van der Waals surface area contributed by atoms with E-state index in [9.17, 15) is 4.39 Å². The smallest absolute Gasteiger partial charge is 0.125 e. The third-order valence-electron chi connectivity index (χ3n) is 3.79. The van der Waals surface area contributed by atoms with Crippen LogP contribution in [0, 0.1) is 11.7 Å². The number of nitrogens with one attached hydrogen (secondary N) is 1. The van der Waals surface area contributed by atoms with E-state index in [1.165, 1.54) is 23.8 Å². The lowest BCUT2D eigenvalue weighted by Crippen LogP contribution is -2.22. The van der Waals surface area contributed by atoms with E-state index in [-0.39, 0.29) is 5.82 Å². The second kappa shape index (κ2) is 6.47. The highest BCUT2D eigenvalue weighted by Gasteiger charge is 2.32. The van der Waals surface area contributed by atoms with Gasteiger partial charge >= 0.3 is 0 Å². The number of hydrogen-bond acceptors (Lipinski definition) is 2. The van der Waals surface area contributed by atoms with Gasteiger partial charge in [-0.1, -0.05) is 18.5 Å². The van der Waals surface area contributed by atoms with Crippen molar-refractivity contribution in [1.82, 2.24) is 5.32 Å². The molecule has 2 aromatic rings.